The molecule has 2 rings (SSSR count). The molecule has 1 fully saturated rings. The number of hydrogen-bond donors (Lipinski definition) is 2. The van der Waals surface area contributed by atoms with Gasteiger partial charge in [-0.1, -0.05) is 30.5 Å². The van der Waals surface area contributed by atoms with Crippen LogP contribution < -0.4 is 4.90 Å². The third-order valence-corrected chi connectivity index (χ3v) is 4.03. The van der Waals surface area contributed by atoms with E-state index in [1.54, 1.807) is 0 Å². The number of rotatable bonds is 5. The summed E-state index contributed by atoms with van der Waals surface area (Å²) in [5.41, 5.74) is 2.18. The summed E-state index contributed by atoms with van der Waals surface area (Å²) in [6.07, 6.45) is 3.61. The van der Waals surface area contributed by atoms with Gasteiger partial charge in [-0.05, 0) is 31.9 Å². The Kier molecular flexibility index (Phi) is 5.01. The van der Waals surface area contributed by atoms with Crippen LogP contribution >= 0.6 is 0 Å². The number of aliphatic hydroxyl groups is 1. The van der Waals surface area contributed by atoms with Crippen LogP contribution in [0.15, 0.2) is 24.3 Å². The molecule has 1 aliphatic rings. The summed E-state index contributed by atoms with van der Waals surface area (Å²) in [5, 5.41) is 19.2. The van der Waals surface area contributed by atoms with Gasteiger partial charge in [0.25, 0.3) is 0 Å². The normalized spacial score (nSPS) is 22.5. The first-order valence-electron chi connectivity index (χ1n) is 7.31. The molecule has 1 aromatic carbocycles. The zero-order chi connectivity index (χ0) is 14.5. The van der Waals surface area contributed by atoms with Gasteiger partial charge in [-0.2, -0.15) is 0 Å². The molecule has 2 atom stereocenters. The molecule has 0 saturated heterocycles. The largest absolute Gasteiger partial charge is 0.481 e. The van der Waals surface area contributed by atoms with Crippen LogP contribution in [0.1, 0.15) is 37.7 Å². The highest BCUT2D eigenvalue weighted by atomic mass is 16.4. The maximum absolute atomic E-state index is 10.9. The molecule has 20 heavy (non-hydrogen) atoms. The molecule has 0 aromatic heterocycles. The zero-order valence-electron chi connectivity index (χ0n) is 12.0. The van der Waals surface area contributed by atoms with Gasteiger partial charge in [0, 0.05) is 12.2 Å². The number of aliphatic hydroxyl groups excluding tert-OH is 1. The van der Waals surface area contributed by atoms with E-state index in [1.165, 1.54) is 5.56 Å². The van der Waals surface area contributed by atoms with Gasteiger partial charge in [0.15, 0.2) is 0 Å². The van der Waals surface area contributed by atoms with E-state index < -0.39 is 5.97 Å². The number of carboxylic acids is 1. The first kappa shape index (κ1) is 14.9. The monoisotopic (exact) mass is 277 g/mol. The van der Waals surface area contributed by atoms with Gasteiger partial charge >= 0.3 is 5.97 Å². The fourth-order valence-electron chi connectivity index (χ4n) is 2.89. The fraction of sp³-hybridized carbons (Fsp3) is 0.562. The lowest BCUT2D eigenvalue weighted by molar-refractivity contribution is -0.136. The molecule has 2 N–H and O–H groups in total. The SMILES string of the molecule is Cc1ccc(N(CCC(=O)O)C2CCCCC2O)cc1. The molecule has 0 radical (unpaired) electrons. The number of aryl methyl sites for hydroxylation is 1. The molecule has 110 valence electrons. The summed E-state index contributed by atoms with van der Waals surface area (Å²) < 4.78 is 0. The van der Waals surface area contributed by atoms with Gasteiger partial charge in [-0.25, -0.2) is 0 Å². The Labute approximate surface area is 120 Å². The number of nitrogens with zero attached hydrogens (tertiary/aromatic N) is 1. The van der Waals surface area contributed by atoms with Gasteiger partial charge < -0.3 is 15.1 Å². The molecule has 1 aliphatic carbocycles. The van der Waals surface area contributed by atoms with Gasteiger partial charge in [0.2, 0.25) is 0 Å². The van der Waals surface area contributed by atoms with Crippen molar-refractivity contribution in [1.29, 1.82) is 0 Å². The molecule has 1 aromatic rings. The Morgan fingerprint density at radius 3 is 2.50 bits per heavy atom. The lowest BCUT2D eigenvalue weighted by atomic mass is 9.90. The van der Waals surface area contributed by atoms with Crippen molar-refractivity contribution in [3.63, 3.8) is 0 Å². The molecule has 2 unspecified atom stereocenters. The van der Waals surface area contributed by atoms with E-state index in [-0.39, 0.29) is 18.6 Å². The molecule has 4 nitrogen and oxygen atoms in total. The topological polar surface area (TPSA) is 60.8 Å². The van der Waals surface area contributed by atoms with Gasteiger partial charge in [-0.3, -0.25) is 4.79 Å². The summed E-state index contributed by atoms with van der Waals surface area (Å²) in [7, 11) is 0. The Hall–Kier alpha value is -1.55. The van der Waals surface area contributed by atoms with E-state index >= 15 is 0 Å². The van der Waals surface area contributed by atoms with Crippen LogP contribution in [0.3, 0.4) is 0 Å². The van der Waals surface area contributed by atoms with Crippen molar-refractivity contribution in [3.05, 3.63) is 29.8 Å². The Morgan fingerprint density at radius 1 is 1.25 bits per heavy atom. The van der Waals surface area contributed by atoms with Crippen LogP contribution in [0.2, 0.25) is 0 Å². The van der Waals surface area contributed by atoms with E-state index in [0.717, 1.165) is 31.4 Å². The van der Waals surface area contributed by atoms with Crippen molar-refractivity contribution in [1.82, 2.24) is 0 Å². The molecule has 0 spiro atoms. The van der Waals surface area contributed by atoms with Crippen molar-refractivity contribution in [2.45, 2.75) is 51.2 Å². The standard InChI is InChI=1S/C16H23NO3/c1-12-6-8-13(9-7-12)17(11-10-16(19)20)14-4-2-3-5-15(14)18/h6-9,14-15,18H,2-5,10-11H2,1H3,(H,19,20). The highest BCUT2D eigenvalue weighted by Gasteiger charge is 2.29. The summed E-state index contributed by atoms with van der Waals surface area (Å²) in [4.78, 5) is 12.9. The molecule has 0 aliphatic heterocycles. The predicted molar refractivity (Wildman–Crippen MR) is 79.0 cm³/mol. The molecular formula is C16H23NO3. The second-order valence-electron chi connectivity index (χ2n) is 5.59. The Morgan fingerprint density at radius 2 is 1.90 bits per heavy atom. The van der Waals surface area contributed by atoms with Gasteiger partial charge in [0.05, 0.1) is 18.6 Å². The highest BCUT2D eigenvalue weighted by Crippen LogP contribution is 2.28. The summed E-state index contributed by atoms with van der Waals surface area (Å²) in [5.74, 6) is -0.799. The maximum Gasteiger partial charge on any atom is 0.305 e. The van der Waals surface area contributed by atoms with Crippen LogP contribution in [0, 0.1) is 6.92 Å². The third kappa shape index (κ3) is 3.73. The molecule has 1 saturated carbocycles. The van der Waals surface area contributed by atoms with E-state index in [2.05, 4.69) is 4.90 Å². The molecule has 0 bridgehead atoms. The van der Waals surface area contributed by atoms with Crippen LogP contribution in [0.4, 0.5) is 5.69 Å². The fourth-order valence-corrected chi connectivity index (χ4v) is 2.89. The van der Waals surface area contributed by atoms with E-state index in [0.29, 0.717) is 6.54 Å². The minimum absolute atomic E-state index is 0.0332. The molecular weight excluding hydrogens is 254 g/mol. The number of carboxylic acid groups (broad SMARTS) is 1. The van der Waals surface area contributed by atoms with Crippen molar-refractivity contribution >= 4 is 11.7 Å². The van der Waals surface area contributed by atoms with E-state index in [4.69, 9.17) is 5.11 Å². The molecule has 4 heteroatoms. The first-order valence-corrected chi connectivity index (χ1v) is 7.31. The van der Waals surface area contributed by atoms with Crippen molar-refractivity contribution < 1.29 is 15.0 Å². The van der Waals surface area contributed by atoms with E-state index in [1.807, 2.05) is 31.2 Å². The minimum Gasteiger partial charge on any atom is -0.481 e. The lowest BCUT2D eigenvalue weighted by Gasteiger charge is -2.39. The van der Waals surface area contributed by atoms with Crippen LogP contribution in [0.25, 0.3) is 0 Å². The number of carbonyl (C=O) groups is 1. The van der Waals surface area contributed by atoms with Crippen LogP contribution in [-0.2, 0) is 4.79 Å². The highest BCUT2D eigenvalue weighted by molar-refractivity contribution is 5.67. The predicted octanol–water partition coefficient (Wildman–Crippen LogP) is 2.58. The van der Waals surface area contributed by atoms with E-state index in [9.17, 15) is 9.90 Å². The van der Waals surface area contributed by atoms with Crippen molar-refractivity contribution in [3.8, 4) is 0 Å². The second-order valence-corrected chi connectivity index (χ2v) is 5.59. The first-order chi connectivity index (χ1) is 9.58. The molecule has 0 heterocycles. The zero-order valence-corrected chi connectivity index (χ0v) is 12.0. The van der Waals surface area contributed by atoms with Crippen LogP contribution in [-0.4, -0.2) is 34.9 Å². The number of benzene rings is 1. The van der Waals surface area contributed by atoms with Crippen LogP contribution in [0.5, 0.6) is 0 Å². The Bertz CT molecular complexity index is 444. The summed E-state index contributed by atoms with van der Waals surface area (Å²) in [6.45, 7) is 2.47. The number of hydrogen-bond acceptors (Lipinski definition) is 3. The maximum atomic E-state index is 10.9. The lowest BCUT2D eigenvalue weighted by Crippen LogP contribution is -2.46. The average Bonchev–Trinajstić information content (AvgIpc) is 2.42. The number of anilines is 1. The second kappa shape index (κ2) is 6.75. The summed E-state index contributed by atoms with van der Waals surface area (Å²) in [6, 6.07) is 8.11. The smallest absolute Gasteiger partial charge is 0.305 e. The van der Waals surface area contributed by atoms with Gasteiger partial charge in [-0.15, -0.1) is 0 Å². The number of aliphatic carboxylic acids is 1. The third-order valence-electron chi connectivity index (χ3n) is 4.03. The Balaban J connectivity index is 2.18. The van der Waals surface area contributed by atoms with Gasteiger partial charge in [0.1, 0.15) is 0 Å². The van der Waals surface area contributed by atoms with Crippen molar-refractivity contribution in [2.24, 2.45) is 0 Å². The summed E-state index contributed by atoms with van der Waals surface area (Å²) >= 11 is 0. The van der Waals surface area contributed by atoms with Crippen molar-refractivity contribution in [2.75, 3.05) is 11.4 Å². The molecule has 0 amide bonds. The average molecular weight is 277 g/mol. The minimum atomic E-state index is -0.799. The quantitative estimate of drug-likeness (QED) is 0.868.